The number of hydrogen-bond acceptors (Lipinski definition) is 3. The van der Waals surface area contributed by atoms with Crippen molar-refractivity contribution in [3.05, 3.63) is 59.7 Å². The number of nitrogens with zero attached hydrogens (tertiary/aromatic N) is 1. The summed E-state index contributed by atoms with van der Waals surface area (Å²) in [5.41, 5.74) is 7.56. The first-order valence-electron chi connectivity index (χ1n) is 5.20. The summed E-state index contributed by atoms with van der Waals surface area (Å²) in [6.07, 6.45) is 2.72. The van der Waals surface area contributed by atoms with Crippen LogP contribution in [0.4, 0.5) is 4.39 Å². The molecule has 0 aliphatic rings. The second kappa shape index (κ2) is 4.93. The highest BCUT2D eigenvalue weighted by molar-refractivity contribution is 5.34. The zero-order valence-electron chi connectivity index (χ0n) is 9.43. The van der Waals surface area contributed by atoms with Crippen LogP contribution in [-0.2, 0) is 0 Å². The van der Waals surface area contributed by atoms with Crippen LogP contribution in [0.1, 0.15) is 17.2 Å². The number of ether oxygens (including phenoxy) is 1. The predicted octanol–water partition coefficient (Wildman–Crippen LogP) is 2.28. The second-order valence-electron chi connectivity index (χ2n) is 3.69. The lowest BCUT2D eigenvalue weighted by atomic mass is 10.0. The summed E-state index contributed by atoms with van der Waals surface area (Å²) in [5, 5.41) is 0. The molecule has 4 heteroatoms. The minimum Gasteiger partial charge on any atom is -0.497 e. The SMILES string of the molecule is COc1ccc(C(N)c2cncc(F)c2)cc1. The molecule has 0 fully saturated rings. The summed E-state index contributed by atoms with van der Waals surface area (Å²) < 4.78 is 18.1. The van der Waals surface area contributed by atoms with Crippen molar-refractivity contribution >= 4 is 0 Å². The number of benzene rings is 1. The van der Waals surface area contributed by atoms with E-state index in [0.29, 0.717) is 5.56 Å². The Hall–Kier alpha value is -1.94. The molecule has 0 amide bonds. The van der Waals surface area contributed by atoms with Crippen LogP contribution in [0.3, 0.4) is 0 Å². The lowest BCUT2D eigenvalue weighted by molar-refractivity contribution is 0.414. The van der Waals surface area contributed by atoms with Gasteiger partial charge >= 0.3 is 0 Å². The number of rotatable bonds is 3. The molecule has 0 aliphatic carbocycles. The molecular formula is C13H13FN2O. The highest BCUT2D eigenvalue weighted by atomic mass is 19.1. The quantitative estimate of drug-likeness (QED) is 0.883. The van der Waals surface area contributed by atoms with E-state index in [2.05, 4.69) is 4.98 Å². The minimum absolute atomic E-state index is 0.383. The van der Waals surface area contributed by atoms with E-state index >= 15 is 0 Å². The van der Waals surface area contributed by atoms with Crippen LogP contribution in [0.25, 0.3) is 0 Å². The normalized spacial score (nSPS) is 12.2. The molecule has 3 nitrogen and oxygen atoms in total. The third kappa shape index (κ3) is 2.60. The van der Waals surface area contributed by atoms with Gasteiger partial charge in [-0.1, -0.05) is 12.1 Å². The summed E-state index contributed by atoms with van der Waals surface area (Å²) >= 11 is 0. The van der Waals surface area contributed by atoms with Crippen molar-refractivity contribution in [3.8, 4) is 5.75 Å². The third-order valence-corrected chi connectivity index (χ3v) is 2.56. The monoisotopic (exact) mass is 232 g/mol. The van der Waals surface area contributed by atoms with Crippen LogP contribution in [0.15, 0.2) is 42.7 Å². The van der Waals surface area contributed by atoms with Crippen molar-refractivity contribution in [2.45, 2.75) is 6.04 Å². The van der Waals surface area contributed by atoms with Gasteiger partial charge in [0, 0.05) is 6.20 Å². The summed E-state index contributed by atoms with van der Waals surface area (Å²) in [6, 6.07) is 8.36. The molecule has 2 N–H and O–H groups in total. The number of aromatic nitrogens is 1. The molecule has 1 heterocycles. The molecule has 1 aromatic carbocycles. The van der Waals surface area contributed by atoms with Gasteiger partial charge < -0.3 is 10.5 Å². The van der Waals surface area contributed by atoms with Gasteiger partial charge in [0.05, 0.1) is 19.3 Å². The fourth-order valence-corrected chi connectivity index (χ4v) is 1.60. The largest absolute Gasteiger partial charge is 0.497 e. The van der Waals surface area contributed by atoms with E-state index in [1.54, 1.807) is 13.3 Å². The van der Waals surface area contributed by atoms with Gasteiger partial charge in [-0.25, -0.2) is 4.39 Å². The summed E-state index contributed by atoms with van der Waals surface area (Å²) in [5.74, 6) is 0.379. The first kappa shape index (κ1) is 11.5. The molecule has 2 aromatic rings. The minimum atomic E-state index is -0.385. The zero-order valence-corrected chi connectivity index (χ0v) is 9.43. The Morgan fingerprint density at radius 2 is 1.88 bits per heavy atom. The van der Waals surface area contributed by atoms with Crippen LogP contribution in [-0.4, -0.2) is 12.1 Å². The van der Waals surface area contributed by atoms with Crippen molar-refractivity contribution in [2.75, 3.05) is 7.11 Å². The fourth-order valence-electron chi connectivity index (χ4n) is 1.60. The van der Waals surface area contributed by atoms with Crippen molar-refractivity contribution in [1.82, 2.24) is 4.98 Å². The Balaban J connectivity index is 2.27. The number of halogens is 1. The van der Waals surface area contributed by atoms with Gasteiger partial charge in [-0.05, 0) is 29.3 Å². The summed E-state index contributed by atoms with van der Waals surface area (Å²) in [4.78, 5) is 3.78. The third-order valence-electron chi connectivity index (χ3n) is 2.56. The highest BCUT2D eigenvalue weighted by Crippen LogP contribution is 2.21. The highest BCUT2D eigenvalue weighted by Gasteiger charge is 2.10. The molecule has 2 rings (SSSR count). The number of methoxy groups -OCH3 is 1. The van der Waals surface area contributed by atoms with E-state index < -0.39 is 0 Å². The van der Waals surface area contributed by atoms with Crippen molar-refractivity contribution in [3.63, 3.8) is 0 Å². The molecule has 0 aliphatic heterocycles. The van der Waals surface area contributed by atoms with E-state index in [1.807, 2.05) is 24.3 Å². The topological polar surface area (TPSA) is 48.1 Å². The van der Waals surface area contributed by atoms with E-state index in [9.17, 15) is 4.39 Å². The van der Waals surface area contributed by atoms with Gasteiger partial charge in [0.1, 0.15) is 11.6 Å². The Bertz CT molecular complexity index is 499. The van der Waals surface area contributed by atoms with Crippen molar-refractivity contribution in [1.29, 1.82) is 0 Å². The second-order valence-corrected chi connectivity index (χ2v) is 3.69. The Morgan fingerprint density at radius 3 is 2.47 bits per heavy atom. The smallest absolute Gasteiger partial charge is 0.141 e. The maximum absolute atomic E-state index is 13.0. The number of hydrogen-bond donors (Lipinski definition) is 1. The van der Waals surface area contributed by atoms with Crippen molar-refractivity contribution < 1.29 is 9.13 Å². The molecule has 0 saturated heterocycles. The molecule has 0 spiro atoms. The summed E-state index contributed by atoms with van der Waals surface area (Å²) in [7, 11) is 1.60. The van der Waals surface area contributed by atoms with Crippen LogP contribution >= 0.6 is 0 Å². The van der Waals surface area contributed by atoms with E-state index in [4.69, 9.17) is 10.5 Å². The van der Waals surface area contributed by atoms with Gasteiger partial charge in [-0.2, -0.15) is 0 Å². The van der Waals surface area contributed by atoms with Gasteiger partial charge in [-0.3, -0.25) is 4.98 Å². The number of pyridine rings is 1. The molecule has 1 atom stereocenters. The Labute approximate surface area is 99.1 Å². The van der Waals surface area contributed by atoms with Gasteiger partial charge in [0.15, 0.2) is 0 Å². The Kier molecular flexibility index (Phi) is 3.35. The fraction of sp³-hybridized carbons (Fsp3) is 0.154. The summed E-state index contributed by atoms with van der Waals surface area (Å²) in [6.45, 7) is 0. The van der Waals surface area contributed by atoms with E-state index in [0.717, 1.165) is 17.5 Å². The Morgan fingerprint density at radius 1 is 1.18 bits per heavy atom. The molecule has 0 radical (unpaired) electrons. The molecule has 0 bridgehead atoms. The molecule has 0 saturated carbocycles. The molecule has 17 heavy (non-hydrogen) atoms. The lowest BCUT2D eigenvalue weighted by Crippen LogP contribution is -2.12. The first-order chi connectivity index (χ1) is 8.20. The van der Waals surface area contributed by atoms with Crippen LogP contribution in [0, 0.1) is 5.82 Å². The van der Waals surface area contributed by atoms with Crippen LogP contribution < -0.4 is 10.5 Å². The van der Waals surface area contributed by atoms with Gasteiger partial charge in [0.2, 0.25) is 0 Å². The zero-order chi connectivity index (χ0) is 12.3. The van der Waals surface area contributed by atoms with E-state index in [-0.39, 0.29) is 11.9 Å². The molecule has 88 valence electrons. The average Bonchev–Trinajstić information content (AvgIpc) is 2.38. The maximum atomic E-state index is 13.0. The van der Waals surface area contributed by atoms with Crippen molar-refractivity contribution in [2.24, 2.45) is 5.73 Å². The van der Waals surface area contributed by atoms with Gasteiger partial charge in [-0.15, -0.1) is 0 Å². The molecule has 1 aromatic heterocycles. The molecular weight excluding hydrogens is 219 g/mol. The predicted molar refractivity (Wildman–Crippen MR) is 63.2 cm³/mol. The number of nitrogens with two attached hydrogens (primary N) is 1. The van der Waals surface area contributed by atoms with Crippen LogP contribution in [0.2, 0.25) is 0 Å². The lowest BCUT2D eigenvalue weighted by Gasteiger charge is -2.12. The maximum Gasteiger partial charge on any atom is 0.141 e. The first-order valence-corrected chi connectivity index (χ1v) is 5.20. The van der Waals surface area contributed by atoms with Gasteiger partial charge in [0.25, 0.3) is 0 Å². The standard InChI is InChI=1S/C13H13FN2O/c1-17-12-4-2-9(3-5-12)13(15)10-6-11(14)8-16-7-10/h2-8,13H,15H2,1H3. The van der Waals surface area contributed by atoms with Crippen LogP contribution in [0.5, 0.6) is 5.75 Å². The van der Waals surface area contributed by atoms with E-state index in [1.165, 1.54) is 6.07 Å². The molecule has 1 unspecified atom stereocenters. The average molecular weight is 232 g/mol.